The molecule has 12 heavy (non-hydrogen) atoms. The summed E-state index contributed by atoms with van der Waals surface area (Å²) in [4.78, 5) is 0. The van der Waals surface area contributed by atoms with Crippen molar-refractivity contribution < 1.29 is 14.8 Å². The van der Waals surface area contributed by atoms with E-state index in [4.69, 9.17) is 10.2 Å². The van der Waals surface area contributed by atoms with Gasteiger partial charge in [0, 0.05) is 5.41 Å². The van der Waals surface area contributed by atoms with E-state index < -0.39 is 7.59 Å². The summed E-state index contributed by atoms with van der Waals surface area (Å²) >= 11 is 0. The number of hydrogen-bond acceptors (Lipinski definition) is 3. The van der Waals surface area contributed by atoms with Crippen LogP contribution in [0.5, 0.6) is 0 Å². The molecule has 6 nitrogen and oxygen atoms in total. The zero-order chi connectivity index (χ0) is 10.4. The third kappa shape index (κ3) is 22.5. The topological polar surface area (TPSA) is 136 Å². The minimum atomic E-state index is -3.14. The average molecular weight is 199 g/mol. The lowest BCUT2D eigenvalue weighted by atomic mass is 9.97. The van der Waals surface area contributed by atoms with E-state index in [0.29, 0.717) is 0 Å². The Bertz CT molecular complexity index is 142. The van der Waals surface area contributed by atoms with E-state index in [2.05, 4.69) is 16.5 Å². The molecular formula is C5H18N3O3P. The summed E-state index contributed by atoms with van der Waals surface area (Å²) in [5.41, 5.74) is 13.1. The summed E-state index contributed by atoms with van der Waals surface area (Å²) in [5, 5.41) is 16.9. The van der Waals surface area contributed by atoms with Crippen molar-refractivity contribution in [3.8, 4) is 0 Å². The summed E-state index contributed by atoms with van der Waals surface area (Å²) in [7, 11) is -3.14. The Morgan fingerprint density at radius 2 is 1.33 bits per heavy atom. The smallest absolute Gasteiger partial charge is 0.271 e. The van der Waals surface area contributed by atoms with E-state index in [1.54, 1.807) is 13.8 Å². The van der Waals surface area contributed by atoms with Crippen LogP contribution in [0, 0.1) is 5.41 Å². The van der Waals surface area contributed by atoms with Crippen molar-refractivity contribution in [1.29, 1.82) is 0 Å². The van der Waals surface area contributed by atoms with Crippen molar-refractivity contribution >= 4 is 7.59 Å². The van der Waals surface area contributed by atoms with Gasteiger partial charge < -0.3 is 10.2 Å². The van der Waals surface area contributed by atoms with Gasteiger partial charge in [0.25, 0.3) is 7.59 Å². The summed E-state index contributed by atoms with van der Waals surface area (Å²) in [6, 6.07) is 0. The molecule has 0 heterocycles. The summed E-state index contributed by atoms with van der Waals surface area (Å²) in [6.07, 6.45) is 0. The molecule has 0 unspecified atom stereocenters. The Morgan fingerprint density at radius 1 is 1.17 bits per heavy atom. The first-order valence-corrected chi connectivity index (χ1v) is 5.21. The normalized spacial score (nSPS) is 11.9. The van der Waals surface area contributed by atoms with Gasteiger partial charge in [-0.15, -0.1) is 0 Å². The second kappa shape index (κ2) is 5.64. The molecule has 0 aliphatic rings. The zero-order valence-electron chi connectivity index (χ0n) is 7.40. The second-order valence-corrected chi connectivity index (χ2v) is 4.77. The molecule has 0 rings (SSSR count). The van der Waals surface area contributed by atoms with Crippen molar-refractivity contribution in [3.05, 3.63) is 0 Å². The molecule has 0 radical (unpaired) electrons. The molecule has 0 fully saturated rings. The molecule has 0 amide bonds. The molecule has 0 spiro atoms. The molecule has 0 aromatic heterocycles. The number of nitrogens with two attached hydrogens (primary N) is 3. The fourth-order valence-electron chi connectivity index (χ4n) is 0.0500. The Hall–Kier alpha value is 0.0300. The van der Waals surface area contributed by atoms with Crippen molar-refractivity contribution in [3.63, 3.8) is 0 Å². The Labute approximate surface area is 72.3 Å². The van der Waals surface area contributed by atoms with Crippen molar-refractivity contribution in [2.24, 2.45) is 21.9 Å². The molecule has 0 aliphatic carbocycles. The number of hydrogen-bond donors (Lipinski definition) is 5. The predicted octanol–water partition coefficient (Wildman–Crippen LogP) is -1.03. The molecule has 76 valence electrons. The quantitative estimate of drug-likeness (QED) is 0.361. The van der Waals surface area contributed by atoms with Crippen LogP contribution in [0.1, 0.15) is 13.8 Å². The van der Waals surface area contributed by atoms with E-state index in [1.165, 1.54) is 0 Å². The van der Waals surface area contributed by atoms with Gasteiger partial charge in [-0.05, 0) is 0 Å². The van der Waals surface area contributed by atoms with Crippen LogP contribution in [0.2, 0.25) is 0 Å². The molecular weight excluding hydrogens is 181 g/mol. The lowest BCUT2D eigenvalue weighted by Crippen LogP contribution is -2.20. The molecule has 0 saturated carbocycles. The lowest BCUT2D eigenvalue weighted by Gasteiger charge is -2.16. The van der Waals surface area contributed by atoms with Gasteiger partial charge in [-0.2, -0.15) is 0 Å². The standard InChI is InChI=1S/C5H12O2.H6N3OP/c1-5(2,3-6)4-7;1-5(2,3)4/h6-7H,3-4H2,1-2H3;(H6,1,2,3,4). The van der Waals surface area contributed by atoms with Crippen LogP contribution >= 0.6 is 7.59 Å². The van der Waals surface area contributed by atoms with Gasteiger partial charge in [-0.1, -0.05) is 13.8 Å². The van der Waals surface area contributed by atoms with E-state index in [-0.39, 0.29) is 18.6 Å². The maximum Gasteiger partial charge on any atom is 0.271 e. The molecule has 8 N–H and O–H groups in total. The summed E-state index contributed by atoms with van der Waals surface area (Å²) < 4.78 is 9.55. The van der Waals surface area contributed by atoms with E-state index in [1.807, 2.05) is 0 Å². The number of aliphatic hydroxyl groups is 2. The van der Waals surface area contributed by atoms with Crippen LogP contribution < -0.4 is 16.5 Å². The first-order chi connectivity index (χ1) is 5.12. The SMILES string of the molecule is CC(C)(CO)CO.NP(N)(N)=O. The first-order valence-electron chi connectivity index (χ1n) is 3.30. The fourth-order valence-corrected chi connectivity index (χ4v) is 0.0500. The third-order valence-corrected chi connectivity index (χ3v) is 0.856. The van der Waals surface area contributed by atoms with Gasteiger partial charge in [0.05, 0.1) is 13.2 Å². The molecule has 0 saturated heterocycles. The Balaban J connectivity index is 0. The summed E-state index contributed by atoms with van der Waals surface area (Å²) in [5.74, 6) is 0. The second-order valence-electron chi connectivity index (χ2n) is 3.24. The van der Waals surface area contributed by atoms with Crippen LogP contribution in [0.15, 0.2) is 0 Å². The minimum absolute atomic E-state index is 0.0451. The average Bonchev–Trinajstić information content (AvgIpc) is 1.85. The van der Waals surface area contributed by atoms with E-state index in [0.717, 1.165) is 0 Å². The largest absolute Gasteiger partial charge is 0.396 e. The molecule has 7 heteroatoms. The van der Waals surface area contributed by atoms with Crippen LogP contribution in [0.3, 0.4) is 0 Å². The summed E-state index contributed by atoms with van der Waals surface area (Å²) in [6.45, 7) is 3.69. The fraction of sp³-hybridized carbons (Fsp3) is 1.00. The zero-order valence-corrected chi connectivity index (χ0v) is 8.29. The lowest BCUT2D eigenvalue weighted by molar-refractivity contribution is 0.0857. The van der Waals surface area contributed by atoms with Gasteiger partial charge in [0.15, 0.2) is 0 Å². The maximum absolute atomic E-state index is 9.55. The van der Waals surface area contributed by atoms with Crippen molar-refractivity contribution in [2.45, 2.75) is 13.8 Å². The van der Waals surface area contributed by atoms with Gasteiger partial charge in [-0.3, -0.25) is 21.1 Å². The van der Waals surface area contributed by atoms with E-state index in [9.17, 15) is 4.57 Å². The van der Waals surface area contributed by atoms with Gasteiger partial charge in [-0.25, -0.2) is 0 Å². The Morgan fingerprint density at radius 3 is 1.33 bits per heavy atom. The van der Waals surface area contributed by atoms with Gasteiger partial charge >= 0.3 is 0 Å². The highest BCUT2D eigenvalue weighted by Gasteiger charge is 2.13. The molecule has 0 aromatic rings. The third-order valence-electron chi connectivity index (χ3n) is 0.856. The number of aliphatic hydroxyl groups excluding tert-OH is 2. The van der Waals surface area contributed by atoms with Gasteiger partial charge in [0.2, 0.25) is 0 Å². The maximum atomic E-state index is 9.55. The molecule has 0 bridgehead atoms. The highest BCUT2D eigenvalue weighted by Crippen LogP contribution is 2.10. The minimum Gasteiger partial charge on any atom is -0.396 e. The van der Waals surface area contributed by atoms with Crippen LogP contribution in [-0.4, -0.2) is 23.4 Å². The first kappa shape index (κ1) is 14.5. The Kier molecular flexibility index (Phi) is 6.83. The van der Waals surface area contributed by atoms with Crippen molar-refractivity contribution in [1.82, 2.24) is 0 Å². The number of rotatable bonds is 2. The molecule has 0 aliphatic heterocycles. The molecule has 0 atom stereocenters. The highest BCUT2D eigenvalue weighted by atomic mass is 31.2. The molecule has 0 aromatic carbocycles. The van der Waals surface area contributed by atoms with E-state index >= 15 is 0 Å². The van der Waals surface area contributed by atoms with Crippen LogP contribution in [-0.2, 0) is 4.57 Å². The van der Waals surface area contributed by atoms with Crippen LogP contribution in [0.4, 0.5) is 0 Å². The highest BCUT2D eigenvalue weighted by molar-refractivity contribution is 7.56. The van der Waals surface area contributed by atoms with Gasteiger partial charge in [0.1, 0.15) is 0 Å². The van der Waals surface area contributed by atoms with Crippen molar-refractivity contribution in [2.75, 3.05) is 13.2 Å². The van der Waals surface area contributed by atoms with Crippen LogP contribution in [0.25, 0.3) is 0 Å². The predicted molar refractivity (Wildman–Crippen MR) is 48.1 cm³/mol. The monoisotopic (exact) mass is 199 g/mol.